The molecule has 4 nitrogen and oxygen atoms in total. The molecule has 0 aliphatic carbocycles. The smallest absolute Gasteiger partial charge is 0.203 e. The molecule has 4 heteroatoms. The molecule has 0 amide bonds. The van der Waals surface area contributed by atoms with Gasteiger partial charge in [0.2, 0.25) is 5.75 Å². The quantitative estimate of drug-likeness (QED) is 0.444. The number of rotatable bonds is 15. The van der Waals surface area contributed by atoms with E-state index >= 15 is 0 Å². The molecule has 0 aliphatic heterocycles. The summed E-state index contributed by atoms with van der Waals surface area (Å²) in [6, 6.07) is 4.08. The second kappa shape index (κ2) is 13.8. The minimum Gasteiger partial charge on any atom is -0.490 e. The molecule has 1 rings (SSSR count). The lowest BCUT2D eigenvalue weighted by molar-refractivity contribution is 0.236. The fourth-order valence-electron chi connectivity index (χ4n) is 2.39. The predicted molar refractivity (Wildman–Crippen MR) is 103 cm³/mol. The molecule has 1 aromatic carbocycles. The van der Waals surface area contributed by atoms with Gasteiger partial charge in [-0.05, 0) is 49.8 Å². The van der Waals surface area contributed by atoms with E-state index in [0.717, 1.165) is 74.2 Å². The van der Waals surface area contributed by atoms with E-state index in [4.69, 9.17) is 19.3 Å². The van der Waals surface area contributed by atoms with Gasteiger partial charge in [-0.3, -0.25) is 0 Å². The van der Waals surface area contributed by atoms with E-state index in [9.17, 15) is 0 Å². The van der Waals surface area contributed by atoms with Crippen molar-refractivity contribution in [3.8, 4) is 17.2 Å². The first-order chi connectivity index (χ1) is 12.3. The minimum atomic E-state index is 0.187. The fourth-order valence-corrected chi connectivity index (χ4v) is 2.39. The van der Waals surface area contributed by atoms with Gasteiger partial charge in [0.1, 0.15) is 0 Å². The highest BCUT2D eigenvalue weighted by Gasteiger charge is 2.15. The summed E-state index contributed by atoms with van der Waals surface area (Å²) < 4.78 is 18.0. The third-order valence-electron chi connectivity index (χ3n) is 3.96. The molecule has 0 fully saturated rings. The van der Waals surface area contributed by atoms with Gasteiger partial charge >= 0.3 is 0 Å². The third-order valence-corrected chi connectivity index (χ3v) is 3.96. The Bertz CT molecular complexity index is 428. The van der Waals surface area contributed by atoms with Gasteiger partial charge in [0, 0.05) is 6.61 Å². The van der Waals surface area contributed by atoms with E-state index in [1.54, 1.807) is 0 Å². The van der Waals surface area contributed by atoms with Crippen LogP contribution in [0.2, 0.25) is 0 Å². The average Bonchev–Trinajstić information content (AvgIpc) is 2.62. The topological polar surface area (TPSA) is 47.9 Å². The van der Waals surface area contributed by atoms with Crippen molar-refractivity contribution < 1.29 is 19.3 Å². The Labute approximate surface area is 153 Å². The van der Waals surface area contributed by atoms with Crippen LogP contribution in [0.1, 0.15) is 71.3 Å². The lowest BCUT2D eigenvalue weighted by atomic mass is 10.1. The lowest BCUT2D eigenvalue weighted by Gasteiger charge is -2.18. The first kappa shape index (κ1) is 21.6. The van der Waals surface area contributed by atoms with E-state index < -0.39 is 0 Å². The molecule has 0 bridgehead atoms. The third kappa shape index (κ3) is 8.48. The Morgan fingerprint density at radius 2 is 1.20 bits per heavy atom. The highest BCUT2D eigenvalue weighted by molar-refractivity contribution is 5.54. The molecule has 0 spiro atoms. The Hall–Kier alpha value is -1.42. The summed E-state index contributed by atoms with van der Waals surface area (Å²) in [5.41, 5.74) is 1.12. The van der Waals surface area contributed by atoms with Gasteiger partial charge in [-0.25, -0.2) is 0 Å². The number of benzene rings is 1. The van der Waals surface area contributed by atoms with Crippen molar-refractivity contribution in [2.24, 2.45) is 0 Å². The molecule has 0 radical (unpaired) electrons. The summed E-state index contributed by atoms with van der Waals surface area (Å²) in [6.45, 7) is 8.67. The number of aliphatic hydroxyl groups excluding tert-OH is 1. The maximum atomic E-state index is 9.12. The van der Waals surface area contributed by atoms with Crippen LogP contribution in [0.25, 0.3) is 0 Å². The summed E-state index contributed by atoms with van der Waals surface area (Å²) in [5.74, 6) is 2.27. The zero-order chi connectivity index (χ0) is 18.3. The van der Waals surface area contributed by atoms with Crippen molar-refractivity contribution in [3.63, 3.8) is 0 Å². The standard InChI is InChI=1S/C21H36O4/c1-4-7-13-23-19-16-18(11-10-12-22)17-20(24-14-8-5-2)21(19)25-15-9-6-3/h16-17,22H,4-15H2,1-3H3. The molecule has 1 aromatic rings. The molecule has 0 saturated heterocycles. The summed E-state index contributed by atoms with van der Waals surface area (Å²) >= 11 is 0. The normalized spacial score (nSPS) is 10.7. The van der Waals surface area contributed by atoms with Crippen LogP contribution in [0, 0.1) is 0 Å². The molecule has 0 atom stereocenters. The second-order valence-corrected chi connectivity index (χ2v) is 6.35. The highest BCUT2D eigenvalue weighted by atomic mass is 16.5. The predicted octanol–water partition coefficient (Wildman–Crippen LogP) is 5.15. The van der Waals surface area contributed by atoms with Gasteiger partial charge < -0.3 is 19.3 Å². The average molecular weight is 353 g/mol. The van der Waals surface area contributed by atoms with Crippen LogP contribution in [0.15, 0.2) is 12.1 Å². The zero-order valence-electron chi connectivity index (χ0n) is 16.3. The first-order valence-corrected chi connectivity index (χ1v) is 9.92. The van der Waals surface area contributed by atoms with Crippen LogP contribution in [0.4, 0.5) is 0 Å². The molecule has 0 heterocycles. The Morgan fingerprint density at radius 3 is 1.64 bits per heavy atom. The molecular formula is C21H36O4. The summed E-state index contributed by atoms with van der Waals surface area (Å²) in [7, 11) is 0. The van der Waals surface area contributed by atoms with Gasteiger partial charge in [-0.2, -0.15) is 0 Å². The maximum absolute atomic E-state index is 9.12. The number of hydrogen-bond acceptors (Lipinski definition) is 4. The van der Waals surface area contributed by atoms with Crippen LogP contribution in [-0.4, -0.2) is 31.5 Å². The number of aliphatic hydroxyl groups is 1. The van der Waals surface area contributed by atoms with Crippen LogP contribution in [-0.2, 0) is 6.42 Å². The lowest BCUT2D eigenvalue weighted by Crippen LogP contribution is -2.07. The van der Waals surface area contributed by atoms with E-state index in [-0.39, 0.29) is 6.61 Å². The summed E-state index contributed by atoms with van der Waals surface area (Å²) in [5, 5.41) is 9.12. The Kier molecular flexibility index (Phi) is 12.0. The molecular weight excluding hydrogens is 316 g/mol. The van der Waals surface area contributed by atoms with Crippen molar-refractivity contribution in [2.75, 3.05) is 26.4 Å². The highest BCUT2D eigenvalue weighted by Crippen LogP contribution is 2.39. The van der Waals surface area contributed by atoms with Gasteiger partial charge in [0.15, 0.2) is 11.5 Å². The minimum absolute atomic E-state index is 0.187. The Balaban J connectivity index is 3.02. The van der Waals surface area contributed by atoms with Crippen molar-refractivity contribution in [3.05, 3.63) is 17.7 Å². The second-order valence-electron chi connectivity index (χ2n) is 6.35. The molecule has 25 heavy (non-hydrogen) atoms. The molecule has 0 saturated carbocycles. The van der Waals surface area contributed by atoms with Crippen molar-refractivity contribution in [1.29, 1.82) is 0 Å². The molecule has 144 valence electrons. The number of unbranched alkanes of at least 4 members (excludes halogenated alkanes) is 3. The molecule has 0 aromatic heterocycles. The summed E-state index contributed by atoms with van der Waals surface area (Å²) in [4.78, 5) is 0. The number of aryl methyl sites for hydroxylation is 1. The van der Waals surface area contributed by atoms with Crippen LogP contribution >= 0.6 is 0 Å². The van der Waals surface area contributed by atoms with Crippen molar-refractivity contribution >= 4 is 0 Å². The largest absolute Gasteiger partial charge is 0.490 e. The maximum Gasteiger partial charge on any atom is 0.203 e. The number of hydrogen-bond donors (Lipinski definition) is 1. The van der Waals surface area contributed by atoms with Crippen molar-refractivity contribution in [1.82, 2.24) is 0 Å². The number of ether oxygens (including phenoxy) is 3. The fraction of sp³-hybridized carbons (Fsp3) is 0.714. The van der Waals surface area contributed by atoms with E-state index in [2.05, 4.69) is 20.8 Å². The van der Waals surface area contributed by atoms with Gasteiger partial charge in [-0.15, -0.1) is 0 Å². The van der Waals surface area contributed by atoms with E-state index in [1.807, 2.05) is 12.1 Å². The molecule has 0 aliphatic rings. The Morgan fingerprint density at radius 1 is 0.720 bits per heavy atom. The molecule has 1 N–H and O–H groups in total. The van der Waals surface area contributed by atoms with Crippen LogP contribution in [0.3, 0.4) is 0 Å². The SMILES string of the molecule is CCCCOc1cc(CCCO)cc(OCCCC)c1OCCCC. The zero-order valence-corrected chi connectivity index (χ0v) is 16.3. The van der Waals surface area contributed by atoms with Gasteiger partial charge in [0.25, 0.3) is 0 Å². The van der Waals surface area contributed by atoms with Gasteiger partial charge in [0.05, 0.1) is 19.8 Å². The van der Waals surface area contributed by atoms with Crippen molar-refractivity contribution in [2.45, 2.75) is 72.1 Å². The van der Waals surface area contributed by atoms with Crippen LogP contribution < -0.4 is 14.2 Å². The molecule has 0 unspecified atom stereocenters. The monoisotopic (exact) mass is 352 g/mol. The van der Waals surface area contributed by atoms with Crippen LogP contribution in [0.5, 0.6) is 17.2 Å². The first-order valence-electron chi connectivity index (χ1n) is 9.92. The van der Waals surface area contributed by atoms with E-state index in [1.165, 1.54) is 0 Å². The summed E-state index contributed by atoms with van der Waals surface area (Å²) in [6.07, 6.45) is 7.86. The van der Waals surface area contributed by atoms with Gasteiger partial charge in [-0.1, -0.05) is 40.0 Å². The van der Waals surface area contributed by atoms with E-state index in [0.29, 0.717) is 19.8 Å².